The quantitative estimate of drug-likeness (QED) is 0.626. The molecule has 0 radical (unpaired) electrons. The van der Waals surface area contributed by atoms with Crippen molar-refractivity contribution in [2.24, 2.45) is 4.99 Å². The van der Waals surface area contributed by atoms with Gasteiger partial charge in [-0.15, -0.1) is 0 Å². The first-order chi connectivity index (χ1) is 13.2. The SMILES string of the molecule is CCNC(=NCC1(c2ccc3c(c2)OCCO3)CCCC1)N1CC[C@@H](O)C1. The Balaban J connectivity index is 1.58. The van der Waals surface area contributed by atoms with Crippen LogP contribution in [0.25, 0.3) is 0 Å². The minimum atomic E-state index is -0.243. The Morgan fingerprint density at radius 2 is 2.04 bits per heavy atom. The van der Waals surface area contributed by atoms with Crippen molar-refractivity contribution in [2.45, 2.75) is 50.5 Å². The number of ether oxygens (including phenoxy) is 2. The largest absolute Gasteiger partial charge is 0.486 e. The smallest absolute Gasteiger partial charge is 0.194 e. The fourth-order valence-electron chi connectivity index (χ4n) is 4.55. The van der Waals surface area contributed by atoms with Gasteiger partial charge in [0.1, 0.15) is 13.2 Å². The molecule has 0 aromatic heterocycles. The molecule has 1 aliphatic carbocycles. The summed E-state index contributed by atoms with van der Waals surface area (Å²) < 4.78 is 11.5. The third kappa shape index (κ3) is 3.86. The molecule has 148 valence electrons. The molecule has 2 heterocycles. The molecule has 1 aromatic carbocycles. The minimum Gasteiger partial charge on any atom is -0.486 e. The Labute approximate surface area is 161 Å². The van der Waals surface area contributed by atoms with Crippen LogP contribution < -0.4 is 14.8 Å². The number of guanidine groups is 1. The topological polar surface area (TPSA) is 66.3 Å². The van der Waals surface area contributed by atoms with Gasteiger partial charge in [0.25, 0.3) is 0 Å². The molecule has 1 aromatic rings. The van der Waals surface area contributed by atoms with E-state index in [4.69, 9.17) is 14.5 Å². The molecule has 2 fully saturated rings. The molecule has 4 rings (SSSR count). The van der Waals surface area contributed by atoms with Crippen molar-refractivity contribution >= 4 is 5.96 Å². The summed E-state index contributed by atoms with van der Waals surface area (Å²) in [6.07, 6.45) is 5.35. The second-order valence-corrected chi connectivity index (χ2v) is 7.90. The van der Waals surface area contributed by atoms with Gasteiger partial charge in [0.2, 0.25) is 0 Å². The molecular weight excluding hydrogens is 342 g/mol. The normalized spacial score (nSPS) is 24.3. The summed E-state index contributed by atoms with van der Waals surface area (Å²) in [4.78, 5) is 7.20. The third-order valence-electron chi connectivity index (χ3n) is 6.04. The number of benzene rings is 1. The Kier molecular flexibility index (Phi) is 5.43. The number of likely N-dealkylation sites (tertiary alicyclic amines) is 1. The molecule has 2 N–H and O–H groups in total. The molecule has 0 bridgehead atoms. The zero-order valence-corrected chi connectivity index (χ0v) is 16.2. The van der Waals surface area contributed by atoms with Gasteiger partial charge in [-0.3, -0.25) is 4.99 Å². The van der Waals surface area contributed by atoms with E-state index in [1.165, 1.54) is 18.4 Å². The number of β-amino-alcohol motifs (C(OH)–C–C–N with tert-alkyl or cyclic N) is 1. The van der Waals surface area contributed by atoms with Gasteiger partial charge in [0.15, 0.2) is 17.5 Å². The third-order valence-corrected chi connectivity index (χ3v) is 6.04. The highest BCUT2D eigenvalue weighted by atomic mass is 16.6. The van der Waals surface area contributed by atoms with Crippen molar-refractivity contribution in [3.8, 4) is 11.5 Å². The summed E-state index contributed by atoms with van der Waals surface area (Å²) >= 11 is 0. The van der Waals surface area contributed by atoms with Crippen LogP contribution in [0.1, 0.15) is 44.6 Å². The number of aliphatic hydroxyl groups excluding tert-OH is 1. The molecular formula is C21H31N3O3. The lowest BCUT2D eigenvalue weighted by Crippen LogP contribution is -2.41. The highest BCUT2D eigenvalue weighted by Gasteiger charge is 2.37. The van der Waals surface area contributed by atoms with Gasteiger partial charge < -0.3 is 24.8 Å². The molecule has 1 saturated carbocycles. The van der Waals surface area contributed by atoms with Crippen LogP contribution in [0.4, 0.5) is 0 Å². The van der Waals surface area contributed by atoms with Crippen LogP contribution in [0.2, 0.25) is 0 Å². The maximum absolute atomic E-state index is 9.89. The van der Waals surface area contributed by atoms with E-state index >= 15 is 0 Å². The second kappa shape index (κ2) is 7.97. The van der Waals surface area contributed by atoms with Gasteiger partial charge in [0.05, 0.1) is 12.6 Å². The summed E-state index contributed by atoms with van der Waals surface area (Å²) in [5, 5.41) is 13.3. The average Bonchev–Trinajstić information content (AvgIpc) is 3.35. The van der Waals surface area contributed by atoms with Gasteiger partial charge in [-0.25, -0.2) is 0 Å². The fraction of sp³-hybridized carbons (Fsp3) is 0.667. The molecule has 2 aliphatic heterocycles. The number of fused-ring (bicyclic) bond motifs is 1. The molecule has 3 aliphatic rings. The zero-order chi connectivity index (χ0) is 18.7. The molecule has 0 spiro atoms. The lowest BCUT2D eigenvalue weighted by Gasteiger charge is -2.31. The summed E-state index contributed by atoms with van der Waals surface area (Å²) in [5.74, 6) is 2.64. The number of nitrogens with one attached hydrogen (secondary N) is 1. The van der Waals surface area contributed by atoms with E-state index in [-0.39, 0.29) is 11.5 Å². The van der Waals surface area contributed by atoms with E-state index < -0.39 is 0 Å². The number of hydrogen-bond acceptors (Lipinski definition) is 4. The van der Waals surface area contributed by atoms with E-state index in [0.29, 0.717) is 19.8 Å². The van der Waals surface area contributed by atoms with Crippen molar-refractivity contribution in [2.75, 3.05) is 39.4 Å². The van der Waals surface area contributed by atoms with Crippen LogP contribution in [0, 0.1) is 0 Å². The van der Waals surface area contributed by atoms with Crippen molar-refractivity contribution < 1.29 is 14.6 Å². The molecule has 1 saturated heterocycles. The number of aliphatic hydroxyl groups is 1. The number of aliphatic imine (C=N–C) groups is 1. The van der Waals surface area contributed by atoms with Crippen LogP contribution in [-0.2, 0) is 5.41 Å². The van der Waals surface area contributed by atoms with E-state index in [9.17, 15) is 5.11 Å². The average molecular weight is 373 g/mol. The van der Waals surface area contributed by atoms with Gasteiger partial charge in [-0.05, 0) is 43.9 Å². The highest BCUT2D eigenvalue weighted by Crippen LogP contribution is 2.44. The molecule has 27 heavy (non-hydrogen) atoms. The van der Waals surface area contributed by atoms with Crippen LogP contribution in [0.5, 0.6) is 11.5 Å². The van der Waals surface area contributed by atoms with Gasteiger partial charge >= 0.3 is 0 Å². The van der Waals surface area contributed by atoms with E-state index in [2.05, 4.69) is 35.3 Å². The standard InChI is InChI=1S/C21H31N3O3/c1-2-22-20(24-10-7-17(25)14-24)23-15-21(8-3-4-9-21)16-5-6-18-19(13-16)27-12-11-26-18/h5-6,13,17,25H,2-4,7-12,14-15H2,1H3,(H,22,23)/t17-/m1/s1. The van der Waals surface area contributed by atoms with Crippen LogP contribution >= 0.6 is 0 Å². The van der Waals surface area contributed by atoms with Crippen LogP contribution in [0.3, 0.4) is 0 Å². The van der Waals surface area contributed by atoms with Crippen molar-refractivity contribution in [1.29, 1.82) is 0 Å². The summed E-state index contributed by atoms with van der Waals surface area (Å²) in [7, 11) is 0. The molecule has 6 nitrogen and oxygen atoms in total. The van der Waals surface area contributed by atoms with Crippen molar-refractivity contribution in [1.82, 2.24) is 10.2 Å². The summed E-state index contributed by atoms with van der Waals surface area (Å²) in [6, 6.07) is 6.42. The number of rotatable bonds is 4. The predicted molar refractivity (Wildman–Crippen MR) is 106 cm³/mol. The zero-order valence-electron chi connectivity index (χ0n) is 16.2. The van der Waals surface area contributed by atoms with Crippen molar-refractivity contribution in [3.05, 3.63) is 23.8 Å². The Morgan fingerprint density at radius 3 is 2.74 bits per heavy atom. The first-order valence-electron chi connectivity index (χ1n) is 10.3. The monoisotopic (exact) mass is 373 g/mol. The predicted octanol–water partition coefficient (Wildman–Crippen LogP) is 2.30. The Morgan fingerprint density at radius 1 is 1.26 bits per heavy atom. The first-order valence-corrected chi connectivity index (χ1v) is 10.3. The lowest BCUT2D eigenvalue weighted by molar-refractivity contribution is 0.171. The highest BCUT2D eigenvalue weighted by molar-refractivity contribution is 5.80. The van der Waals surface area contributed by atoms with Gasteiger partial charge in [-0.1, -0.05) is 18.9 Å². The molecule has 1 atom stereocenters. The lowest BCUT2D eigenvalue weighted by atomic mass is 9.79. The first kappa shape index (κ1) is 18.4. The number of nitrogens with zero attached hydrogens (tertiary/aromatic N) is 2. The molecule has 6 heteroatoms. The van der Waals surface area contributed by atoms with Crippen molar-refractivity contribution in [3.63, 3.8) is 0 Å². The second-order valence-electron chi connectivity index (χ2n) is 7.90. The molecule has 0 amide bonds. The van der Waals surface area contributed by atoms with E-state index in [1.807, 2.05) is 0 Å². The maximum atomic E-state index is 9.89. The summed E-state index contributed by atoms with van der Waals surface area (Å²) in [5.41, 5.74) is 1.37. The number of hydrogen-bond donors (Lipinski definition) is 2. The Bertz CT molecular complexity index is 685. The van der Waals surface area contributed by atoms with E-state index in [0.717, 1.165) is 56.4 Å². The molecule has 0 unspecified atom stereocenters. The van der Waals surface area contributed by atoms with Gasteiger partial charge in [-0.2, -0.15) is 0 Å². The Hall–Kier alpha value is -1.95. The van der Waals surface area contributed by atoms with E-state index in [1.54, 1.807) is 0 Å². The van der Waals surface area contributed by atoms with Gasteiger partial charge in [0, 0.05) is 25.0 Å². The van der Waals surface area contributed by atoms with Crippen LogP contribution in [-0.4, -0.2) is 61.5 Å². The van der Waals surface area contributed by atoms with Crippen LogP contribution in [0.15, 0.2) is 23.2 Å². The minimum absolute atomic E-state index is 0.0643. The summed E-state index contributed by atoms with van der Waals surface area (Å²) in [6.45, 7) is 6.46. The fourth-order valence-corrected chi connectivity index (χ4v) is 4.55. The maximum Gasteiger partial charge on any atom is 0.194 e.